The van der Waals surface area contributed by atoms with E-state index in [1.54, 1.807) is 12.7 Å². The first kappa shape index (κ1) is 14.1. The van der Waals surface area contributed by atoms with Crippen LogP contribution in [0.4, 0.5) is 0 Å². The molecule has 1 N–H and O–H groups in total. The van der Waals surface area contributed by atoms with E-state index in [1.165, 1.54) is 27.9 Å². The Morgan fingerprint density at radius 3 is 3.00 bits per heavy atom. The predicted octanol–water partition coefficient (Wildman–Crippen LogP) is 4.21. The van der Waals surface area contributed by atoms with E-state index in [0.29, 0.717) is 5.37 Å². The average Bonchev–Trinajstić information content (AvgIpc) is 2.93. The van der Waals surface area contributed by atoms with E-state index in [1.807, 2.05) is 6.07 Å². The summed E-state index contributed by atoms with van der Waals surface area (Å²) in [7, 11) is 1.73. The van der Waals surface area contributed by atoms with Crippen molar-refractivity contribution in [3.05, 3.63) is 35.0 Å². The van der Waals surface area contributed by atoms with Gasteiger partial charge >= 0.3 is 0 Å². The van der Waals surface area contributed by atoms with Crippen molar-refractivity contribution in [3.8, 4) is 5.75 Å². The maximum atomic E-state index is 5.40. The van der Waals surface area contributed by atoms with E-state index >= 15 is 0 Å². The molecule has 22 heavy (non-hydrogen) atoms. The fourth-order valence-corrected chi connectivity index (χ4v) is 4.26. The zero-order chi connectivity index (χ0) is 15.3. The lowest BCUT2D eigenvalue weighted by Gasteiger charge is -2.41. The van der Waals surface area contributed by atoms with Gasteiger partial charge in [0, 0.05) is 17.4 Å². The molecule has 0 spiro atoms. The van der Waals surface area contributed by atoms with Gasteiger partial charge in [-0.2, -0.15) is 12.6 Å². The number of hydrogen-bond acceptors (Lipinski definition) is 3. The summed E-state index contributed by atoms with van der Waals surface area (Å²) in [5, 5.41) is 1.65. The molecule has 0 aliphatic carbocycles. The SMILES string of the molecule is CCC1=C2c3[nH]c4ccc(OC)cc4c3CCN2C(S)CC1. The summed E-state index contributed by atoms with van der Waals surface area (Å²) in [5.41, 5.74) is 6.92. The fraction of sp³-hybridized carbons (Fsp3) is 0.444. The van der Waals surface area contributed by atoms with Gasteiger partial charge in [-0.15, -0.1) is 0 Å². The molecule has 0 fully saturated rings. The van der Waals surface area contributed by atoms with Gasteiger partial charge in [-0.25, -0.2) is 0 Å². The molecule has 1 aromatic carbocycles. The van der Waals surface area contributed by atoms with Gasteiger partial charge in [0.15, 0.2) is 0 Å². The van der Waals surface area contributed by atoms with E-state index in [2.05, 4.69) is 28.9 Å². The summed E-state index contributed by atoms with van der Waals surface area (Å²) in [6.45, 7) is 3.32. The summed E-state index contributed by atoms with van der Waals surface area (Å²) in [4.78, 5) is 6.15. The van der Waals surface area contributed by atoms with Gasteiger partial charge < -0.3 is 14.6 Å². The van der Waals surface area contributed by atoms with Crippen LogP contribution < -0.4 is 4.74 Å². The van der Waals surface area contributed by atoms with Crippen LogP contribution >= 0.6 is 12.6 Å². The van der Waals surface area contributed by atoms with Gasteiger partial charge in [-0.1, -0.05) is 6.92 Å². The van der Waals surface area contributed by atoms with Crippen LogP contribution in [0.2, 0.25) is 0 Å². The van der Waals surface area contributed by atoms with Crippen molar-refractivity contribution in [2.24, 2.45) is 0 Å². The second kappa shape index (κ2) is 5.27. The molecule has 0 saturated carbocycles. The molecule has 3 heterocycles. The van der Waals surface area contributed by atoms with Crippen molar-refractivity contribution in [1.29, 1.82) is 0 Å². The normalized spacial score (nSPS) is 21.0. The largest absolute Gasteiger partial charge is 0.497 e. The van der Waals surface area contributed by atoms with E-state index in [-0.39, 0.29) is 0 Å². The lowest BCUT2D eigenvalue weighted by Crippen LogP contribution is -2.38. The van der Waals surface area contributed by atoms with Crippen molar-refractivity contribution in [2.45, 2.75) is 38.0 Å². The first-order chi connectivity index (χ1) is 10.7. The minimum absolute atomic E-state index is 0.347. The zero-order valence-electron chi connectivity index (χ0n) is 13.1. The van der Waals surface area contributed by atoms with Crippen LogP contribution in [-0.4, -0.2) is 28.9 Å². The van der Waals surface area contributed by atoms with Gasteiger partial charge in [-0.3, -0.25) is 0 Å². The van der Waals surface area contributed by atoms with E-state index < -0.39 is 0 Å². The van der Waals surface area contributed by atoms with Gasteiger partial charge in [0.1, 0.15) is 5.75 Å². The number of nitrogens with zero attached hydrogens (tertiary/aromatic N) is 1. The summed E-state index contributed by atoms with van der Waals surface area (Å²) in [6.07, 6.45) is 4.50. The molecular weight excluding hydrogens is 292 g/mol. The lowest BCUT2D eigenvalue weighted by molar-refractivity contribution is 0.335. The molecule has 2 aromatic rings. The Labute approximate surface area is 136 Å². The zero-order valence-corrected chi connectivity index (χ0v) is 14.0. The third-order valence-corrected chi connectivity index (χ3v) is 5.60. The minimum atomic E-state index is 0.347. The highest BCUT2D eigenvalue weighted by Gasteiger charge is 2.32. The Morgan fingerprint density at radius 1 is 1.36 bits per heavy atom. The molecule has 0 bridgehead atoms. The standard InChI is InChI=1S/C18H22N2OS/c1-3-11-4-7-16(22)20-9-8-13-14-10-12(21-2)5-6-15(14)19-17(13)18(11)20/h5-6,10,16,19,22H,3-4,7-9H2,1-2H3. The van der Waals surface area contributed by atoms with Gasteiger partial charge in [0.25, 0.3) is 0 Å². The molecule has 1 atom stereocenters. The molecule has 3 nitrogen and oxygen atoms in total. The van der Waals surface area contributed by atoms with Crippen LogP contribution in [0.5, 0.6) is 5.75 Å². The number of allylic oxidation sites excluding steroid dienone is 1. The third-order valence-electron chi connectivity index (χ3n) is 5.07. The number of benzene rings is 1. The van der Waals surface area contributed by atoms with Gasteiger partial charge in [-0.05, 0) is 55.0 Å². The number of H-pyrrole nitrogens is 1. The predicted molar refractivity (Wildman–Crippen MR) is 94.5 cm³/mol. The number of hydrogen-bond donors (Lipinski definition) is 2. The molecule has 2 aliphatic rings. The number of fused-ring (bicyclic) bond motifs is 5. The Bertz CT molecular complexity index is 762. The lowest BCUT2D eigenvalue weighted by atomic mass is 9.91. The molecule has 2 aliphatic heterocycles. The van der Waals surface area contributed by atoms with E-state index in [9.17, 15) is 0 Å². The Balaban J connectivity index is 1.95. The second-order valence-electron chi connectivity index (χ2n) is 6.16. The number of rotatable bonds is 2. The van der Waals surface area contributed by atoms with Crippen molar-refractivity contribution in [2.75, 3.05) is 13.7 Å². The van der Waals surface area contributed by atoms with Crippen LogP contribution in [0, 0.1) is 0 Å². The number of methoxy groups -OCH3 is 1. The van der Waals surface area contributed by atoms with Crippen LogP contribution in [0.25, 0.3) is 16.6 Å². The molecule has 1 aromatic heterocycles. The van der Waals surface area contributed by atoms with Crippen molar-refractivity contribution >= 4 is 29.2 Å². The topological polar surface area (TPSA) is 28.3 Å². The number of aromatic nitrogens is 1. The second-order valence-corrected chi connectivity index (χ2v) is 6.75. The third kappa shape index (κ3) is 1.97. The molecule has 0 amide bonds. The monoisotopic (exact) mass is 314 g/mol. The molecular formula is C18H22N2OS. The Morgan fingerprint density at radius 2 is 2.23 bits per heavy atom. The quantitative estimate of drug-likeness (QED) is 0.813. The Hall–Kier alpha value is -1.55. The van der Waals surface area contributed by atoms with E-state index in [4.69, 9.17) is 17.4 Å². The first-order valence-corrected chi connectivity index (χ1v) is 8.60. The van der Waals surface area contributed by atoms with E-state index in [0.717, 1.165) is 38.0 Å². The van der Waals surface area contributed by atoms with Crippen molar-refractivity contribution in [1.82, 2.24) is 9.88 Å². The molecule has 4 heteroatoms. The number of nitrogens with one attached hydrogen (secondary N) is 1. The van der Waals surface area contributed by atoms with Crippen molar-refractivity contribution in [3.63, 3.8) is 0 Å². The van der Waals surface area contributed by atoms with Crippen LogP contribution in [0.1, 0.15) is 37.4 Å². The molecule has 0 saturated heterocycles. The fourth-order valence-electron chi connectivity index (χ4n) is 3.90. The maximum absolute atomic E-state index is 5.40. The van der Waals surface area contributed by atoms with Crippen LogP contribution in [0.3, 0.4) is 0 Å². The average molecular weight is 314 g/mol. The maximum Gasteiger partial charge on any atom is 0.119 e. The highest BCUT2D eigenvalue weighted by molar-refractivity contribution is 7.80. The van der Waals surface area contributed by atoms with Crippen LogP contribution in [0.15, 0.2) is 23.8 Å². The summed E-state index contributed by atoms with van der Waals surface area (Å²) >= 11 is 4.81. The molecule has 0 radical (unpaired) electrons. The smallest absolute Gasteiger partial charge is 0.119 e. The highest BCUT2D eigenvalue weighted by atomic mass is 32.1. The van der Waals surface area contributed by atoms with Gasteiger partial charge in [0.2, 0.25) is 0 Å². The summed E-state index contributed by atoms with van der Waals surface area (Å²) < 4.78 is 5.40. The number of thiol groups is 1. The number of aromatic amines is 1. The summed E-state index contributed by atoms with van der Waals surface area (Å²) in [5.74, 6) is 0.928. The first-order valence-electron chi connectivity index (χ1n) is 8.08. The Kier molecular flexibility index (Phi) is 3.37. The van der Waals surface area contributed by atoms with Gasteiger partial charge in [0.05, 0.1) is 23.9 Å². The molecule has 1 unspecified atom stereocenters. The molecule has 4 rings (SSSR count). The number of ether oxygens (including phenoxy) is 1. The highest BCUT2D eigenvalue weighted by Crippen LogP contribution is 2.42. The summed E-state index contributed by atoms with van der Waals surface area (Å²) in [6, 6.07) is 6.32. The van der Waals surface area contributed by atoms with Crippen molar-refractivity contribution < 1.29 is 4.74 Å². The van der Waals surface area contributed by atoms with Crippen LogP contribution in [-0.2, 0) is 6.42 Å². The minimum Gasteiger partial charge on any atom is -0.497 e. The molecule has 116 valence electrons.